The SMILES string of the molecule is CCOC(=O)c1csc(-c2ccc(COC(C)=O)o2)n1. The highest BCUT2D eigenvalue weighted by Gasteiger charge is 2.15. The van der Waals surface area contributed by atoms with Gasteiger partial charge in [-0.05, 0) is 19.1 Å². The maximum Gasteiger partial charge on any atom is 0.357 e. The number of rotatable bonds is 5. The second kappa shape index (κ2) is 6.33. The molecule has 0 spiro atoms. The van der Waals surface area contributed by atoms with Crippen LogP contribution in [0.15, 0.2) is 21.9 Å². The second-order valence-corrected chi connectivity index (χ2v) is 4.66. The Morgan fingerprint density at radius 2 is 2.15 bits per heavy atom. The fourth-order valence-corrected chi connectivity index (χ4v) is 2.18. The summed E-state index contributed by atoms with van der Waals surface area (Å²) in [5.41, 5.74) is 0.254. The Morgan fingerprint density at radius 3 is 2.85 bits per heavy atom. The average Bonchev–Trinajstić information content (AvgIpc) is 3.05. The van der Waals surface area contributed by atoms with Gasteiger partial charge in [-0.1, -0.05) is 0 Å². The molecule has 20 heavy (non-hydrogen) atoms. The molecule has 106 valence electrons. The lowest BCUT2D eigenvalue weighted by Gasteiger charge is -1.97. The molecule has 0 N–H and O–H groups in total. The number of nitrogens with zero attached hydrogens (tertiary/aromatic N) is 1. The summed E-state index contributed by atoms with van der Waals surface area (Å²) in [6.07, 6.45) is 0. The second-order valence-electron chi connectivity index (χ2n) is 3.80. The van der Waals surface area contributed by atoms with Gasteiger partial charge in [-0.25, -0.2) is 9.78 Å². The molecule has 2 heterocycles. The number of ether oxygens (including phenoxy) is 2. The fraction of sp³-hybridized carbons (Fsp3) is 0.308. The molecule has 0 radical (unpaired) electrons. The molecule has 0 saturated heterocycles. The van der Waals surface area contributed by atoms with Crippen LogP contribution in [-0.4, -0.2) is 23.5 Å². The van der Waals surface area contributed by atoms with Crippen LogP contribution in [0.2, 0.25) is 0 Å². The van der Waals surface area contributed by atoms with Gasteiger partial charge in [0.05, 0.1) is 6.61 Å². The van der Waals surface area contributed by atoms with Crippen LogP contribution >= 0.6 is 11.3 Å². The lowest BCUT2D eigenvalue weighted by Crippen LogP contribution is -2.04. The normalized spacial score (nSPS) is 10.3. The molecule has 0 unspecified atom stereocenters. The van der Waals surface area contributed by atoms with Gasteiger partial charge in [0.15, 0.2) is 16.5 Å². The third-order valence-corrected chi connectivity index (χ3v) is 3.14. The highest BCUT2D eigenvalue weighted by molar-refractivity contribution is 7.13. The number of aromatic nitrogens is 1. The van der Waals surface area contributed by atoms with Crippen molar-refractivity contribution in [3.05, 3.63) is 29.0 Å². The van der Waals surface area contributed by atoms with Crippen molar-refractivity contribution in [3.8, 4) is 10.8 Å². The average molecular weight is 295 g/mol. The van der Waals surface area contributed by atoms with Crippen LogP contribution in [-0.2, 0) is 20.9 Å². The highest BCUT2D eigenvalue weighted by Crippen LogP contribution is 2.26. The third-order valence-electron chi connectivity index (χ3n) is 2.28. The van der Waals surface area contributed by atoms with Gasteiger partial charge < -0.3 is 13.9 Å². The maximum absolute atomic E-state index is 11.5. The van der Waals surface area contributed by atoms with Crippen molar-refractivity contribution in [2.75, 3.05) is 6.61 Å². The van der Waals surface area contributed by atoms with E-state index < -0.39 is 5.97 Å². The van der Waals surface area contributed by atoms with Crippen molar-refractivity contribution >= 4 is 23.3 Å². The van der Waals surface area contributed by atoms with Crippen LogP contribution < -0.4 is 0 Å². The van der Waals surface area contributed by atoms with Gasteiger partial charge >= 0.3 is 11.9 Å². The van der Waals surface area contributed by atoms with Crippen molar-refractivity contribution in [2.45, 2.75) is 20.5 Å². The monoisotopic (exact) mass is 295 g/mol. The van der Waals surface area contributed by atoms with E-state index in [1.54, 1.807) is 24.4 Å². The Bertz CT molecular complexity index is 616. The number of carbonyl (C=O) groups is 2. The third kappa shape index (κ3) is 3.45. The first-order chi connectivity index (χ1) is 9.60. The Balaban J connectivity index is 2.08. The van der Waals surface area contributed by atoms with Crippen molar-refractivity contribution in [3.63, 3.8) is 0 Å². The van der Waals surface area contributed by atoms with Gasteiger partial charge in [0.25, 0.3) is 0 Å². The molecule has 0 amide bonds. The first-order valence-corrected chi connectivity index (χ1v) is 6.83. The zero-order valence-electron chi connectivity index (χ0n) is 11.0. The zero-order chi connectivity index (χ0) is 14.5. The number of esters is 2. The molecular weight excluding hydrogens is 282 g/mol. The van der Waals surface area contributed by atoms with E-state index >= 15 is 0 Å². The zero-order valence-corrected chi connectivity index (χ0v) is 11.9. The van der Waals surface area contributed by atoms with Crippen LogP contribution in [0.1, 0.15) is 30.1 Å². The molecule has 2 rings (SSSR count). The van der Waals surface area contributed by atoms with Crippen molar-refractivity contribution in [1.82, 2.24) is 4.98 Å². The number of thiazole rings is 1. The first kappa shape index (κ1) is 14.3. The van der Waals surface area contributed by atoms with Crippen LogP contribution in [0.3, 0.4) is 0 Å². The van der Waals surface area contributed by atoms with Gasteiger partial charge in [0.1, 0.15) is 12.4 Å². The van der Waals surface area contributed by atoms with E-state index in [9.17, 15) is 9.59 Å². The lowest BCUT2D eigenvalue weighted by molar-refractivity contribution is -0.142. The van der Waals surface area contributed by atoms with Crippen molar-refractivity contribution in [2.24, 2.45) is 0 Å². The summed E-state index contributed by atoms with van der Waals surface area (Å²) in [6.45, 7) is 3.44. The molecule has 0 aromatic carbocycles. The van der Waals surface area contributed by atoms with Gasteiger partial charge in [-0.15, -0.1) is 11.3 Å². The van der Waals surface area contributed by atoms with E-state index in [0.29, 0.717) is 23.1 Å². The van der Waals surface area contributed by atoms with Gasteiger partial charge in [-0.2, -0.15) is 0 Å². The van der Waals surface area contributed by atoms with Crippen LogP contribution in [0, 0.1) is 0 Å². The van der Waals surface area contributed by atoms with Crippen molar-refractivity contribution in [1.29, 1.82) is 0 Å². The standard InChI is InChI=1S/C13H13NO5S/c1-3-17-13(16)10-7-20-12(14-10)11-5-4-9(19-11)6-18-8(2)15/h4-5,7H,3,6H2,1-2H3. The quantitative estimate of drug-likeness (QED) is 0.789. The smallest absolute Gasteiger partial charge is 0.357 e. The van der Waals surface area contributed by atoms with E-state index in [0.717, 1.165) is 0 Å². The largest absolute Gasteiger partial charge is 0.461 e. The minimum Gasteiger partial charge on any atom is -0.461 e. The molecule has 0 aliphatic rings. The first-order valence-electron chi connectivity index (χ1n) is 5.95. The van der Waals surface area contributed by atoms with E-state index in [4.69, 9.17) is 13.9 Å². The minimum atomic E-state index is -0.457. The highest BCUT2D eigenvalue weighted by atomic mass is 32.1. The maximum atomic E-state index is 11.5. The molecule has 2 aromatic heterocycles. The van der Waals surface area contributed by atoms with Gasteiger partial charge in [0, 0.05) is 12.3 Å². The summed E-state index contributed by atoms with van der Waals surface area (Å²) < 4.78 is 15.2. The van der Waals surface area contributed by atoms with Gasteiger partial charge in [0.2, 0.25) is 0 Å². The van der Waals surface area contributed by atoms with Crippen LogP contribution in [0.4, 0.5) is 0 Å². The number of carbonyl (C=O) groups excluding carboxylic acids is 2. The van der Waals surface area contributed by atoms with Crippen molar-refractivity contribution < 1.29 is 23.5 Å². The summed E-state index contributed by atoms with van der Waals surface area (Å²) in [7, 11) is 0. The summed E-state index contributed by atoms with van der Waals surface area (Å²) in [5.74, 6) is 0.208. The minimum absolute atomic E-state index is 0.0748. The molecule has 0 atom stereocenters. The number of furan rings is 1. The van der Waals surface area contributed by atoms with E-state index in [1.807, 2.05) is 0 Å². The molecule has 0 aliphatic heterocycles. The summed E-state index contributed by atoms with van der Waals surface area (Å²) in [6, 6.07) is 3.41. The Kier molecular flexibility index (Phi) is 4.52. The van der Waals surface area contributed by atoms with Crippen LogP contribution in [0.25, 0.3) is 10.8 Å². The molecule has 0 fully saturated rings. The Labute approximate surface area is 119 Å². The number of hydrogen-bond donors (Lipinski definition) is 0. The predicted molar refractivity (Wildman–Crippen MR) is 71.2 cm³/mol. The fourth-order valence-electron chi connectivity index (χ4n) is 1.43. The molecule has 6 nitrogen and oxygen atoms in total. The summed E-state index contributed by atoms with van der Waals surface area (Å²) in [5, 5.41) is 2.18. The van der Waals surface area contributed by atoms with E-state index in [1.165, 1.54) is 18.3 Å². The molecule has 2 aromatic rings. The van der Waals surface area contributed by atoms with Crippen LogP contribution in [0.5, 0.6) is 0 Å². The Morgan fingerprint density at radius 1 is 1.35 bits per heavy atom. The summed E-state index contributed by atoms with van der Waals surface area (Å²) in [4.78, 5) is 26.4. The Hall–Kier alpha value is -2.15. The molecule has 7 heteroatoms. The molecule has 0 saturated carbocycles. The molecule has 0 bridgehead atoms. The topological polar surface area (TPSA) is 78.6 Å². The lowest BCUT2D eigenvalue weighted by atomic mass is 10.4. The van der Waals surface area contributed by atoms with E-state index in [2.05, 4.69) is 4.98 Å². The van der Waals surface area contributed by atoms with E-state index in [-0.39, 0.29) is 18.3 Å². The van der Waals surface area contributed by atoms with Gasteiger partial charge in [-0.3, -0.25) is 4.79 Å². The number of hydrogen-bond acceptors (Lipinski definition) is 7. The molecular formula is C13H13NO5S. The predicted octanol–water partition coefficient (Wildman–Crippen LogP) is 2.64. The summed E-state index contributed by atoms with van der Waals surface area (Å²) >= 11 is 1.28. The molecule has 0 aliphatic carbocycles.